The van der Waals surface area contributed by atoms with E-state index >= 15 is 0 Å². The topological polar surface area (TPSA) is 112 Å². The SMILES string of the molecule is O=C(CN1C(=O)NC2(CCC(F)(F)CC2)C1=O)c1ccc(-c2nccnc2CO)cc1F. The van der Waals surface area contributed by atoms with Crippen LogP contribution in [0.1, 0.15) is 41.7 Å². The van der Waals surface area contributed by atoms with E-state index in [1.807, 2.05) is 0 Å². The molecule has 1 saturated heterocycles. The predicted octanol–water partition coefficient (Wildman–Crippen LogP) is 2.46. The fourth-order valence-corrected chi connectivity index (χ4v) is 4.04. The van der Waals surface area contributed by atoms with E-state index in [4.69, 9.17) is 0 Å². The molecular formula is C21H19F3N4O4. The molecule has 1 aromatic carbocycles. The molecule has 2 N–H and O–H groups in total. The van der Waals surface area contributed by atoms with Crippen molar-refractivity contribution in [3.8, 4) is 11.3 Å². The number of aliphatic hydroxyl groups is 1. The number of halogens is 3. The van der Waals surface area contributed by atoms with Crippen molar-refractivity contribution in [2.45, 2.75) is 43.8 Å². The Morgan fingerprint density at radius 1 is 1.12 bits per heavy atom. The molecule has 2 heterocycles. The number of imide groups is 1. The molecule has 168 valence electrons. The molecule has 0 bridgehead atoms. The first-order chi connectivity index (χ1) is 15.2. The van der Waals surface area contributed by atoms with Crippen LogP contribution in [0.5, 0.6) is 0 Å². The van der Waals surface area contributed by atoms with E-state index in [0.29, 0.717) is 4.90 Å². The number of rotatable bonds is 5. The van der Waals surface area contributed by atoms with Crippen LogP contribution in [0.3, 0.4) is 0 Å². The lowest BCUT2D eigenvalue weighted by atomic mass is 9.80. The number of alkyl halides is 2. The molecule has 8 nitrogen and oxygen atoms in total. The second kappa shape index (κ2) is 7.97. The average molecular weight is 448 g/mol. The monoisotopic (exact) mass is 448 g/mol. The summed E-state index contributed by atoms with van der Waals surface area (Å²) in [5.74, 6) is -5.38. The largest absolute Gasteiger partial charge is 0.390 e. The highest BCUT2D eigenvalue weighted by Gasteiger charge is 2.55. The summed E-state index contributed by atoms with van der Waals surface area (Å²) in [6.45, 7) is -1.13. The first-order valence-electron chi connectivity index (χ1n) is 9.92. The fourth-order valence-electron chi connectivity index (χ4n) is 4.04. The molecule has 1 aromatic heterocycles. The number of carbonyl (C=O) groups is 3. The predicted molar refractivity (Wildman–Crippen MR) is 104 cm³/mol. The third-order valence-electron chi connectivity index (χ3n) is 5.85. The molecular weight excluding hydrogens is 429 g/mol. The fraction of sp³-hybridized carbons (Fsp3) is 0.381. The highest BCUT2D eigenvalue weighted by Crippen LogP contribution is 2.41. The third-order valence-corrected chi connectivity index (χ3v) is 5.85. The van der Waals surface area contributed by atoms with Crippen LogP contribution in [-0.2, 0) is 11.4 Å². The number of nitrogens with one attached hydrogen (secondary N) is 1. The zero-order valence-corrected chi connectivity index (χ0v) is 16.8. The number of urea groups is 1. The lowest BCUT2D eigenvalue weighted by molar-refractivity contribution is -0.135. The third kappa shape index (κ3) is 3.83. The van der Waals surface area contributed by atoms with Gasteiger partial charge in [0.15, 0.2) is 5.78 Å². The number of nitrogens with zero attached hydrogens (tertiary/aromatic N) is 3. The lowest BCUT2D eigenvalue weighted by Gasteiger charge is -2.34. The van der Waals surface area contributed by atoms with E-state index in [-0.39, 0.29) is 35.4 Å². The summed E-state index contributed by atoms with van der Waals surface area (Å²) in [7, 11) is 0. The Labute approximate surface area is 180 Å². The summed E-state index contributed by atoms with van der Waals surface area (Å²) in [5.41, 5.74) is -1.03. The Morgan fingerprint density at radius 2 is 1.81 bits per heavy atom. The second-order valence-electron chi connectivity index (χ2n) is 7.89. The number of benzene rings is 1. The Kier molecular flexibility index (Phi) is 5.45. The highest BCUT2D eigenvalue weighted by molar-refractivity contribution is 6.11. The molecule has 1 spiro atoms. The molecule has 1 saturated carbocycles. The van der Waals surface area contributed by atoms with E-state index in [1.54, 1.807) is 0 Å². The number of aliphatic hydroxyl groups excluding tert-OH is 1. The van der Waals surface area contributed by atoms with Crippen LogP contribution in [0.4, 0.5) is 18.0 Å². The number of hydrogen-bond acceptors (Lipinski definition) is 6. The molecule has 11 heteroatoms. The van der Waals surface area contributed by atoms with Gasteiger partial charge in [0.1, 0.15) is 11.4 Å². The molecule has 0 unspecified atom stereocenters. The Balaban J connectivity index is 1.52. The highest BCUT2D eigenvalue weighted by atomic mass is 19.3. The number of aromatic nitrogens is 2. The van der Waals surface area contributed by atoms with Gasteiger partial charge in [-0.25, -0.2) is 18.0 Å². The van der Waals surface area contributed by atoms with E-state index < -0.39 is 61.0 Å². The second-order valence-corrected chi connectivity index (χ2v) is 7.89. The molecule has 4 rings (SSSR count). The molecule has 1 aliphatic carbocycles. The quantitative estimate of drug-likeness (QED) is 0.537. The Morgan fingerprint density at radius 3 is 2.47 bits per heavy atom. The Bertz CT molecular complexity index is 1100. The zero-order valence-electron chi connectivity index (χ0n) is 16.8. The van der Waals surface area contributed by atoms with Crippen molar-refractivity contribution in [1.29, 1.82) is 0 Å². The normalized spacial score (nSPS) is 19.3. The summed E-state index contributed by atoms with van der Waals surface area (Å²) in [5, 5.41) is 11.8. The van der Waals surface area contributed by atoms with Gasteiger partial charge in [-0.3, -0.25) is 24.5 Å². The zero-order chi connectivity index (χ0) is 23.1. The van der Waals surface area contributed by atoms with Crippen LogP contribution in [0.15, 0.2) is 30.6 Å². The molecule has 2 fully saturated rings. The Hall–Kier alpha value is -3.34. The molecule has 0 radical (unpaired) electrons. The van der Waals surface area contributed by atoms with Crippen molar-refractivity contribution in [2.75, 3.05) is 6.54 Å². The van der Waals surface area contributed by atoms with E-state index in [9.17, 15) is 32.7 Å². The smallest absolute Gasteiger partial charge is 0.325 e. The van der Waals surface area contributed by atoms with E-state index in [0.717, 1.165) is 6.07 Å². The van der Waals surface area contributed by atoms with Gasteiger partial charge < -0.3 is 10.4 Å². The molecule has 3 amide bonds. The standard InChI is InChI=1S/C21H19F3N4O4/c22-14-9-12(17-15(11-29)25-7-8-26-17)1-2-13(14)16(30)10-28-18(31)20(27-19(28)32)3-5-21(23,24)6-4-20/h1-2,7-9,29H,3-6,10-11H2,(H,27,32). The van der Waals surface area contributed by atoms with Crippen LogP contribution in [0, 0.1) is 5.82 Å². The van der Waals surface area contributed by atoms with Crippen molar-refractivity contribution in [3.63, 3.8) is 0 Å². The molecule has 2 aromatic rings. The average Bonchev–Trinajstić information content (AvgIpc) is 3.00. The summed E-state index contributed by atoms with van der Waals surface area (Å²) in [4.78, 5) is 46.4. The van der Waals surface area contributed by atoms with Crippen LogP contribution in [0.25, 0.3) is 11.3 Å². The molecule has 0 atom stereocenters. The summed E-state index contributed by atoms with van der Waals surface area (Å²) < 4.78 is 41.7. The van der Waals surface area contributed by atoms with Crippen molar-refractivity contribution >= 4 is 17.7 Å². The van der Waals surface area contributed by atoms with E-state index in [1.165, 1.54) is 24.5 Å². The number of ketones is 1. The van der Waals surface area contributed by atoms with E-state index in [2.05, 4.69) is 15.3 Å². The van der Waals surface area contributed by atoms with Crippen molar-refractivity contribution in [1.82, 2.24) is 20.2 Å². The number of hydrogen-bond donors (Lipinski definition) is 2. The summed E-state index contributed by atoms with van der Waals surface area (Å²) in [6.07, 6.45) is 1.19. The minimum atomic E-state index is -2.90. The van der Waals surface area contributed by atoms with Gasteiger partial charge in [-0.15, -0.1) is 0 Å². The summed E-state index contributed by atoms with van der Waals surface area (Å²) in [6, 6.07) is 2.79. The number of Topliss-reactive ketones (excluding diaryl/α,β-unsaturated/α-hetero) is 1. The molecule has 1 aliphatic heterocycles. The van der Waals surface area contributed by atoms with Crippen molar-refractivity contribution in [3.05, 3.63) is 47.7 Å². The van der Waals surface area contributed by atoms with Gasteiger partial charge in [0.25, 0.3) is 5.91 Å². The maximum atomic E-state index is 14.7. The maximum Gasteiger partial charge on any atom is 0.325 e. The van der Waals surface area contributed by atoms with Gasteiger partial charge in [-0.05, 0) is 25.0 Å². The van der Waals surface area contributed by atoms with Crippen molar-refractivity contribution in [2.24, 2.45) is 0 Å². The van der Waals surface area contributed by atoms with Gasteiger partial charge in [-0.2, -0.15) is 0 Å². The minimum Gasteiger partial charge on any atom is -0.390 e. The first kappa shape index (κ1) is 21.9. The van der Waals surface area contributed by atoms with Gasteiger partial charge >= 0.3 is 6.03 Å². The van der Waals surface area contributed by atoms with Crippen LogP contribution in [0.2, 0.25) is 0 Å². The first-order valence-corrected chi connectivity index (χ1v) is 9.92. The number of amides is 3. The molecule has 2 aliphatic rings. The lowest BCUT2D eigenvalue weighted by Crippen LogP contribution is -2.51. The van der Waals surface area contributed by atoms with Gasteiger partial charge in [0, 0.05) is 30.8 Å². The van der Waals surface area contributed by atoms with Crippen LogP contribution in [-0.4, -0.2) is 55.7 Å². The number of carbonyl (C=O) groups excluding carboxylic acids is 3. The van der Waals surface area contributed by atoms with Gasteiger partial charge in [0.2, 0.25) is 5.92 Å². The van der Waals surface area contributed by atoms with Crippen LogP contribution < -0.4 is 5.32 Å². The maximum absolute atomic E-state index is 14.7. The van der Waals surface area contributed by atoms with Crippen LogP contribution >= 0.6 is 0 Å². The van der Waals surface area contributed by atoms with Gasteiger partial charge in [-0.1, -0.05) is 6.07 Å². The summed E-state index contributed by atoms with van der Waals surface area (Å²) >= 11 is 0. The van der Waals surface area contributed by atoms with Crippen molar-refractivity contribution < 1.29 is 32.7 Å². The molecule has 32 heavy (non-hydrogen) atoms. The minimum absolute atomic E-state index is 0.230. The van der Waals surface area contributed by atoms with Gasteiger partial charge in [0.05, 0.1) is 30.1 Å².